The quantitative estimate of drug-likeness (QED) is 0.192. The molecule has 1 fully saturated rings. The van der Waals surface area contributed by atoms with E-state index in [-0.39, 0.29) is 33.8 Å². The average Bonchev–Trinajstić information content (AvgIpc) is 3.00. The molecule has 46 heavy (non-hydrogen) atoms. The molecule has 244 valence electrons. The van der Waals surface area contributed by atoms with Crippen LogP contribution < -0.4 is 10.6 Å². The van der Waals surface area contributed by atoms with Crippen LogP contribution in [0.4, 0.5) is 10.7 Å². The van der Waals surface area contributed by atoms with Gasteiger partial charge in [0.05, 0.1) is 32.6 Å². The van der Waals surface area contributed by atoms with Crippen molar-refractivity contribution >= 4 is 44.4 Å². The van der Waals surface area contributed by atoms with Crippen molar-refractivity contribution in [2.24, 2.45) is 0 Å². The molecule has 0 bridgehead atoms. The van der Waals surface area contributed by atoms with E-state index in [0.29, 0.717) is 23.8 Å². The first-order valence-electron chi connectivity index (χ1n) is 15.7. The number of hydrogen-bond acceptors (Lipinski definition) is 9. The van der Waals surface area contributed by atoms with Gasteiger partial charge < -0.3 is 15.4 Å². The predicted molar refractivity (Wildman–Crippen MR) is 181 cm³/mol. The Labute approximate surface area is 275 Å². The predicted octanol–water partition coefficient (Wildman–Crippen LogP) is 7.09. The van der Waals surface area contributed by atoms with Crippen molar-refractivity contribution in [1.82, 2.24) is 25.5 Å². The largest absolute Gasteiger partial charge is 0.444 e. The van der Waals surface area contributed by atoms with Gasteiger partial charge in [-0.2, -0.15) is 5.10 Å². The molecule has 0 atom stereocenters. The number of hydrogen-bond donors (Lipinski definition) is 2. The number of ether oxygens (including phenoxy) is 1. The Morgan fingerprint density at radius 1 is 0.978 bits per heavy atom. The summed E-state index contributed by atoms with van der Waals surface area (Å²) in [6, 6.07) is 12.6. The number of amides is 1. The number of halogens is 1. The summed E-state index contributed by atoms with van der Waals surface area (Å²) in [4.78, 5) is 21.8. The van der Waals surface area contributed by atoms with Crippen LogP contribution in [0.15, 0.2) is 53.6 Å². The number of aromatic nitrogens is 4. The Bertz CT molecular complexity index is 1840. The van der Waals surface area contributed by atoms with Crippen LogP contribution in [0.25, 0.3) is 22.2 Å². The second kappa shape index (κ2) is 13.9. The average molecular weight is 665 g/mol. The van der Waals surface area contributed by atoms with Gasteiger partial charge in [-0.3, -0.25) is 0 Å². The molecule has 2 N–H and O–H groups in total. The van der Waals surface area contributed by atoms with Crippen molar-refractivity contribution in [3.63, 3.8) is 0 Å². The van der Waals surface area contributed by atoms with Gasteiger partial charge in [0.15, 0.2) is 9.84 Å². The van der Waals surface area contributed by atoms with E-state index in [2.05, 4.69) is 38.8 Å². The summed E-state index contributed by atoms with van der Waals surface area (Å²) in [6.45, 7) is 9.67. The minimum absolute atomic E-state index is 0.0828. The molecule has 2 heterocycles. The molecule has 10 nitrogen and oxygen atoms in total. The molecule has 1 aliphatic rings. The van der Waals surface area contributed by atoms with E-state index in [0.717, 1.165) is 59.7 Å². The van der Waals surface area contributed by atoms with E-state index in [9.17, 15) is 13.2 Å². The number of benzene rings is 2. The number of sulfone groups is 1. The van der Waals surface area contributed by atoms with Crippen molar-refractivity contribution in [2.75, 3.05) is 5.32 Å². The Hall–Kier alpha value is -3.83. The zero-order valence-corrected chi connectivity index (χ0v) is 28.5. The lowest BCUT2D eigenvalue weighted by molar-refractivity contribution is 0.0492. The zero-order valence-electron chi connectivity index (χ0n) is 26.9. The maximum absolute atomic E-state index is 13.1. The first-order valence-corrected chi connectivity index (χ1v) is 17.8. The standard InChI is InChI=1S/C34H41ClN6O4S/c1-6-21-16-23(31-22(7-2)18-27(40-41-31)20-46(43,44)29-11-9-8-10-28(29)35)17-24-19-36-32(39-30(21)24)37-25-12-14-26(15-13-25)38-33(42)45-34(3,4)5/h8-11,16-19,25-26H,6-7,12-15,20H2,1-5H3,(H,38,42)(H,36,37,39). The normalized spacial score (nSPS) is 17.1. The van der Waals surface area contributed by atoms with Crippen LogP contribution in [0, 0.1) is 0 Å². The number of nitrogens with zero attached hydrogens (tertiary/aromatic N) is 4. The van der Waals surface area contributed by atoms with Crippen LogP contribution >= 0.6 is 11.6 Å². The van der Waals surface area contributed by atoms with E-state index in [4.69, 9.17) is 21.3 Å². The van der Waals surface area contributed by atoms with E-state index in [1.54, 1.807) is 18.2 Å². The number of rotatable bonds is 9. The van der Waals surface area contributed by atoms with Gasteiger partial charge in [0.2, 0.25) is 5.95 Å². The molecule has 0 saturated heterocycles. The molecule has 4 aromatic rings. The van der Waals surface area contributed by atoms with Crippen LogP contribution in [-0.2, 0) is 33.2 Å². The number of nitrogens with one attached hydrogen (secondary N) is 2. The Kier molecular flexibility index (Phi) is 10.1. The number of alkyl carbamates (subject to hydrolysis) is 1. The topological polar surface area (TPSA) is 136 Å². The second-order valence-corrected chi connectivity index (χ2v) is 15.1. The van der Waals surface area contributed by atoms with Crippen molar-refractivity contribution in [3.05, 3.63) is 70.5 Å². The lowest BCUT2D eigenvalue weighted by Crippen LogP contribution is -2.42. The van der Waals surface area contributed by atoms with E-state index in [1.807, 2.05) is 46.0 Å². The fourth-order valence-electron chi connectivity index (χ4n) is 5.76. The van der Waals surface area contributed by atoms with Gasteiger partial charge in [0.25, 0.3) is 0 Å². The van der Waals surface area contributed by atoms with Crippen LogP contribution in [0.2, 0.25) is 5.02 Å². The minimum atomic E-state index is -3.69. The van der Waals surface area contributed by atoms with E-state index in [1.165, 1.54) is 6.07 Å². The maximum atomic E-state index is 13.1. The third kappa shape index (κ3) is 8.11. The highest BCUT2D eigenvalue weighted by atomic mass is 35.5. The molecule has 2 aromatic carbocycles. The summed E-state index contributed by atoms with van der Waals surface area (Å²) in [5, 5.41) is 16.4. The van der Waals surface area contributed by atoms with Crippen molar-refractivity contribution in [1.29, 1.82) is 0 Å². The summed E-state index contributed by atoms with van der Waals surface area (Å²) in [5.41, 5.74) is 4.26. The molecular weight excluding hydrogens is 624 g/mol. The van der Waals surface area contributed by atoms with Crippen molar-refractivity contribution in [2.45, 2.75) is 101 Å². The third-order valence-corrected chi connectivity index (χ3v) is 10.2. The Morgan fingerprint density at radius 2 is 1.67 bits per heavy atom. The summed E-state index contributed by atoms with van der Waals surface area (Å²) >= 11 is 6.16. The molecule has 5 rings (SSSR count). The van der Waals surface area contributed by atoms with Gasteiger partial charge in [-0.25, -0.2) is 23.2 Å². The number of aryl methyl sites for hydroxylation is 2. The molecule has 0 radical (unpaired) electrons. The second-order valence-electron chi connectivity index (χ2n) is 12.7. The molecule has 2 aromatic heterocycles. The van der Waals surface area contributed by atoms with Crippen molar-refractivity contribution in [3.8, 4) is 11.3 Å². The minimum Gasteiger partial charge on any atom is -0.444 e. The van der Waals surface area contributed by atoms with Gasteiger partial charge in [-0.05, 0) is 101 Å². The van der Waals surface area contributed by atoms with Crippen LogP contribution in [0.5, 0.6) is 0 Å². The summed E-state index contributed by atoms with van der Waals surface area (Å²) in [6.07, 6.45) is 6.32. The summed E-state index contributed by atoms with van der Waals surface area (Å²) in [5.74, 6) is 0.289. The Morgan fingerprint density at radius 3 is 2.35 bits per heavy atom. The number of anilines is 1. The molecule has 1 amide bonds. The summed E-state index contributed by atoms with van der Waals surface area (Å²) < 4.78 is 31.5. The maximum Gasteiger partial charge on any atom is 0.407 e. The van der Waals surface area contributed by atoms with Crippen LogP contribution in [0.1, 0.15) is 77.1 Å². The molecule has 1 aliphatic carbocycles. The zero-order chi connectivity index (χ0) is 33.1. The molecule has 0 unspecified atom stereocenters. The monoisotopic (exact) mass is 664 g/mol. The number of fused-ring (bicyclic) bond motifs is 1. The third-order valence-electron chi connectivity index (χ3n) is 8.01. The molecule has 1 saturated carbocycles. The lowest BCUT2D eigenvalue weighted by atomic mass is 9.91. The van der Waals surface area contributed by atoms with Gasteiger partial charge in [-0.1, -0.05) is 37.6 Å². The fourth-order valence-corrected chi connectivity index (χ4v) is 7.59. The van der Waals surface area contributed by atoms with Gasteiger partial charge in [0.1, 0.15) is 5.60 Å². The van der Waals surface area contributed by atoms with Crippen LogP contribution in [-0.4, -0.2) is 52.4 Å². The smallest absolute Gasteiger partial charge is 0.407 e. The first-order chi connectivity index (χ1) is 21.8. The van der Waals surface area contributed by atoms with Crippen LogP contribution in [0.3, 0.4) is 0 Å². The lowest BCUT2D eigenvalue weighted by Gasteiger charge is -2.30. The fraction of sp³-hybridized carbons (Fsp3) is 0.441. The highest BCUT2D eigenvalue weighted by molar-refractivity contribution is 7.90. The molecule has 0 aliphatic heterocycles. The molecular formula is C34H41ClN6O4S. The summed E-state index contributed by atoms with van der Waals surface area (Å²) in [7, 11) is -3.69. The van der Waals surface area contributed by atoms with Gasteiger partial charge in [0, 0.05) is 29.2 Å². The molecule has 0 spiro atoms. The SMILES string of the molecule is CCc1cc(CS(=O)(=O)c2ccccc2Cl)nnc1-c1cc(CC)c2nc(NC3CCC(NC(=O)OC(C)(C)C)CC3)ncc2c1. The van der Waals surface area contributed by atoms with E-state index < -0.39 is 15.4 Å². The number of carbonyl (C=O) groups excluding carboxylic acids is 1. The van der Waals surface area contributed by atoms with Crippen molar-refractivity contribution < 1.29 is 17.9 Å². The first kappa shape index (κ1) is 33.5. The van der Waals surface area contributed by atoms with Gasteiger partial charge >= 0.3 is 6.09 Å². The highest BCUT2D eigenvalue weighted by Gasteiger charge is 2.26. The Balaban J connectivity index is 1.31. The molecule has 12 heteroatoms. The van der Waals surface area contributed by atoms with E-state index >= 15 is 0 Å². The number of carbonyl (C=O) groups is 1. The van der Waals surface area contributed by atoms with Gasteiger partial charge in [-0.15, -0.1) is 5.10 Å². The highest BCUT2D eigenvalue weighted by Crippen LogP contribution is 2.31.